The molecule has 0 aromatic carbocycles. The van der Waals surface area contributed by atoms with E-state index >= 15 is 0 Å². The van der Waals surface area contributed by atoms with Crippen molar-refractivity contribution in [2.24, 2.45) is 0 Å². The summed E-state index contributed by atoms with van der Waals surface area (Å²) in [4.78, 5) is 2.21. The Bertz CT molecular complexity index is 38.5. The van der Waals surface area contributed by atoms with Gasteiger partial charge in [-0.1, -0.05) is 27.2 Å². The molecule has 2 nitrogen and oxygen atoms in total. The summed E-state index contributed by atoms with van der Waals surface area (Å²) in [6, 6.07) is 0. The minimum Gasteiger partial charge on any atom is -0.400 e. The molecule has 72 valence electrons. The third kappa shape index (κ3) is 40.5. The van der Waals surface area contributed by atoms with Gasteiger partial charge < -0.3 is 10.0 Å². The number of aliphatic hydroxyl groups is 1. The van der Waals surface area contributed by atoms with Gasteiger partial charge in [0, 0.05) is 7.11 Å². The molecule has 0 aromatic rings. The van der Waals surface area contributed by atoms with Crippen molar-refractivity contribution in [1.29, 1.82) is 0 Å². The summed E-state index contributed by atoms with van der Waals surface area (Å²) in [7, 11) is 5.21. The molecule has 0 saturated heterocycles. The van der Waals surface area contributed by atoms with E-state index in [2.05, 4.69) is 25.9 Å². The first-order valence-electron chi connectivity index (χ1n) is 4.36. The van der Waals surface area contributed by atoms with Gasteiger partial charge in [-0.25, -0.2) is 0 Å². The van der Waals surface area contributed by atoms with Crippen molar-refractivity contribution in [3.63, 3.8) is 0 Å². The van der Waals surface area contributed by atoms with E-state index in [1.54, 1.807) is 0 Å². The minimum atomic E-state index is 1.00. The highest BCUT2D eigenvalue weighted by molar-refractivity contribution is 4.39. The lowest BCUT2D eigenvalue weighted by atomic mass is 10.3. The standard InChI is InChI=1S/C6H15N.C2H6.CH4O/c1-4-5-6-7(2)3;2*1-2/h4-6H2,1-3H3;1-2H3;2H,1H3. The maximum absolute atomic E-state index is 7.00. The quantitative estimate of drug-likeness (QED) is 0.687. The predicted molar refractivity (Wildman–Crippen MR) is 53.0 cm³/mol. The molecular weight excluding hydrogens is 138 g/mol. The Morgan fingerprint density at radius 1 is 1.09 bits per heavy atom. The van der Waals surface area contributed by atoms with Gasteiger partial charge in [0.15, 0.2) is 0 Å². The van der Waals surface area contributed by atoms with Crippen molar-refractivity contribution in [3.8, 4) is 0 Å². The second-order valence-electron chi connectivity index (χ2n) is 2.16. The van der Waals surface area contributed by atoms with Crippen LogP contribution in [0, 0.1) is 0 Å². The Kier molecular flexibility index (Phi) is 35.1. The molecule has 0 aromatic heterocycles. The van der Waals surface area contributed by atoms with Crippen LogP contribution in [0.4, 0.5) is 0 Å². The van der Waals surface area contributed by atoms with E-state index in [4.69, 9.17) is 5.11 Å². The van der Waals surface area contributed by atoms with E-state index < -0.39 is 0 Å². The number of unbranched alkanes of at least 4 members (excludes halogenated alkanes) is 1. The zero-order chi connectivity index (χ0) is 9.70. The highest BCUT2D eigenvalue weighted by Crippen LogP contribution is 1.86. The van der Waals surface area contributed by atoms with Crippen LogP contribution >= 0.6 is 0 Å². The third-order valence-corrected chi connectivity index (χ3v) is 0.959. The van der Waals surface area contributed by atoms with Crippen molar-refractivity contribution in [3.05, 3.63) is 0 Å². The van der Waals surface area contributed by atoms with E-state index in [-0.39, 0.29) is 0 Å². The molecule has 0 saturated carbocycles. The lowest BCUT2D eigenvalue weighted by molar-refractivity contribution is 0.398. The zero-order valence-corrected chi connectivity index (χ0v) is 9.02. The van der Waals surface area contributed by atoms with Crippen LogP contribution in [-0.2, 0) is 0 Å². The minimum absolute atomic E-state index is 1.00. The van der Waals surface area contributed by atoms with Crippen LogP contribution in [0.25, 0.3) is 0 Å². The van der Waals surface area contributed by atoms with Crippen molar-refractivity contribution >= 4 is 0 Å². The summed E-state index contributed by atoms with van der Waals surface area (Å²) in [6.45, 7) is 7.44. The van der Waals surface area contributed by atoms with Gasteiger partial charge >= 0.3 is 0 Å². The molecule has 0 amide bonds. The average molecular weight is 163 g/mol. The first-order chi connectivity index (χ1) is 5.27. The van der Waals surface area contributed by atoms with Crippen LogP contribution in [0.15, 0.2) is 0 Å². The van der Waals surface area contributed by atoms with Crippen LogP contribution in [0.3, 0.4) is 0 Å². The van der Waals surface area contributed by atoms with Crippen LogP contribution in [0.5, 0.6) is 0 Å². The predicted octanol–water partition coefficient (Wildman–Crippen LogP) is 1.98. The van der Waals surface area contributed by atoms with Crippen LogP contribution in [0.1, 0.15) is 33.6 Å². The van der Waals surface area contributed by atoms with Gasteiger partial charge in [-0.3, -0.25) is 0 Å². The van der Waals surface area contributed by atoms with Gasteiger partial charge in [-0.2, -0.15) is 0 Å². The normalized spacial score (nSPS) is 7.64. The summed E-state index contributed by atoms with van der Waals surface area (Å²) < 4.78 is 0. The van der Waals surface area contributed by atoms with Crippen molar-refractivity contribution in [1.82, 2.24) is 4.90 Å². The fourth-order valence-electron chi connectivity index (χ4n) is 0.474. The maximum atomic E-state index is 7.00. The summed E-state index contributed by atoms with van der Waals surface area (Å²) in [5.41, 5.74) is 0. The van der Waals surface area contributed by atoms with Gasteiger partial charge in [-0.05, 0) is 27.1 Å². The van der Waals surface area contributed by atoms with E-state index in [9.17, 15) is 0 Å². The highest BCUT2D eigenvalue weighted by Gasteiger charge is 1.83. The topological polar surface area (TPSA) is 23.5 Å². The molecule has 0 unspecified atom stereocenters. The highest BCUT2D eigenvalue weighted by atomic mass is 16.2. The van der Waals surface area contributed by atoms with E-state index in [1.807, 2.05) is 13.8 Å². The molecule has 0 fully saturated rings. The fourth-order valence-corrected chi connectivity index (χ4v) is 0.474. The van der Waals surface area contributed by atoms with Gasteiger partial charge in [0.2, 0.25) is 0 Å². The maximum Gasteiger partial charge on any atom is 0.0319 e. The zero-order valence-electron chi connectivity index (χ0n) is 9.02. The van der Waals surface area contributed by atoms with E-state index in [0.717, 1.165) is 7.11 Å². The molecule has 0 radical (unpaired) electrons. The molecule has 0 aliphatic rings. The molecular formula is C9H25NO. The Balaban J connectivity index is -0.000000138. The van der Waals surface area contributed by atoms with Gasteiger partial charge in [0.05, 0.1) is 0 Å². The number of rotatable bonds is 3. The fraction of sp³-hybridized carbons (Fsp3) is 1.00. The van der Waals surface area contributed by atoms with Crippen LogP contribution in [0.2, 0.25) is 0 Å². The van der Waals surface area contributed by atoms with Crippen LogP contribution < -0.4 is 0 Å². The lowest BCUT2D eigenvalue weighted by Crippen LogP contribution is -2.12. The monoisotopic (exact) mass is 163 g/mol. The number of hydrogen-bond acceptors (Lipinski definition) is 2. The summed E-state index contributed by atoms with van der Waals surface area (Å²) in [5.74, 6) is 0. The Morgan fingerprint density at radius 3 is 1.55 bits per heavy atom. The molecule has 0 rings (SSSR count). The number of hydrogen-bond donors (Lipinski definition) is 1. The molecule has 0 heterocycles. The summed E-state index contributed by atoms with van der Waals surface area (Å²) in [6.07, 6.45) is 2.63. The smallest absolute Gasteiger partial charge is 0.0319 e. The van der Waals surface area contributed by atoms with Gasteiger partial charge in [0.1, 0.15) is 0 Å². The molecule has 0 aliphatic heterocycles. The van der Waals surface area contributed by atoms with Gasteiger partial charge in [-0.15, -0.1) is 0 Å². The number of aliphatic hydroxyl groups excluding tert-OH is 1. The lowest BCUT2D eigenvalue weighted by Gasteiger charge is -2.05. The molecule has 0 aliphatic carbocycles. The van der Waals surface area contributed by atoms with Crippen molar-refractivity contribution in [2.45, 2.75) is 33.6 Å². The Labute approximate surface area is 72.2 Å². The Hall–Kier alpha value is -0.0800. The van der Waals surface area contributed by atoms with Crippen molar-refractivity contribution in [2.75, 3.05) is 27.7 Å². The molecule has 2 heteroatoms. The molecule has 0 atom stereocenters. The first kappa shape index (κ1) is 17.1. The molecule has 1 N–H and O–H groups in total. The largest absolute Gasteiger partial charge is 0.400 e. The summed E-state index contributed by atoms with van der Waals surface area (Å²) in [5, 5.41) is 7.00. The van der Waals surface area contributed by atoms with Crippen molar-refractivity contribution < 1.29 is 5.11 Å². The van der Waals surface area contributed by atoms with E-state index in [0.29, 0.717) is 0 Å². The Morgan fingerprint density at radius 2 is 1.45 bits per heavy atom. The second kappa shape index (κ2) is 22.5. The second-order valence-corrected chi connectivity index (χ2v) is 2.16. The molecule has 0 spiro atoms. The first-order valence-corrected chi connectivity index (χ1v) is 4.36. The summed E-state index contributed by atoms with van der Waals surface area (Å²) >= 11 is 0. The van der Waals surface area contributed by atoms with Gasteiger partial charge in [0.25, 0.3) is 0 Å². The van der Waals surface area contributed by atoms with E-state index in [1.165, 1.54) is 19.4 Å². The molecule has 11 heavy (non-hydrogen) atoms. The SMILES string of the molecule is CC.CCCCN(C)C.CO. The molecule has 0 bridgehead atoms. The third-order valence-electron chi connectivity index (χ3n) is 0.959. The van der Waals surface area contributed by atoms with Crippen LogP contribution in [-0.4, -0.2) is 37.8 Å². The average Bonchev–Trinajstić information content (AvgIpc) is 2.08. The number of nitrogens with zero attached hydrogens (tertiary/aromatic N) is 1.